The van der Waals surface area contributed by atoms with E-state index in [1.807, 2.05) is 0 Å². The van der Waals surface area contributed by atoms with Crippen LogP contribution < -0.4 is 16.2 Å². The quantitative estimate of drug-likeness (QED) is 0.723. The van der Waals surface area contributed by atoms with Gasteiger partial charge in [-0.2, -0.15) is 0 Å². The Morgan fingerprint density at radius 3 is 2.74 bits per heavy atom. The largest absolute Gasteiger partial charge is 0.323 e. The van der Waals surface area contributed by atoms with E-state index in [9.17, 15) is 18.4 Å². The Kier molecular flexibility index (Phi) is 4.31. The van der Waals surface area contributed by atoms with Crippen LogP contribution in [0.2, 0.25) is 0 Å². The minimum Gasteiger partial charge on any atom is -0.308 e. The number of rotatable bonds is 2. The van der Waals surface area contributed by atoms with Crippen LogP contribution in [0.4, 0.5) is 25.0 Å². The zero-order valence-electron chi connectivity index (χ0n) is 14.3. The number of aryl methyl sites for hydroxylation is 1. The summed E-state index contributed by atoms with van der Waals surface area (Å²) in [6.45, 7) is 0.638. The molecule has 2 heterocycles. The van der Waals surface area contributed by atoms with E-state index in [0.29, 0.717) is 29.2 Å². The van der Waals surface area contributed by atoms with Gasteiger partial charge < -0.3 is 10.6 Å². The fraction of sp³-hybridized carbons (Fsp3) is 0.211. The number of amides is 2. The zero-order chi connectivity index (χ0) is 19.0. The Labute approximate surface area is 152 Å². The Hall–Kier alpha value is -3.29. The molecule has 8 heteroatoms. The van der Waals surface area contributed by atoms with Crippen molar-refractivity contribution < 1.29 is 13.6 Å². The highest BCUT2D eigenvalue weighted by atomic mass is 19.1. The molecule has 0 unspecified atom stereocenters. The first-order chi connectivity index (χ1) is 13.0. The predicted octanol–water partition coefficient (Wildman–Crippen LogP) is 3.66. The maximum Gasteiger partial charge on any atom is 0.323 e. The van der Waals surface area contributed by atoms with Gasteiger partial charge in [0.05, 0.1) is 16.6 Å². The molecule has 0 spiro atoms. The molecule has 0 aliphatic carbocycles. The van der Waals surface area contributed by atoms with E-state index >= 15 is 0 Å². The Morgan fingerprint density at radius 1 is 1.07 bits per heavy atom. The number of benzene rings is 2. The van der Waals surface area contributed by atoms with Gasteiger partial charge in [-0.1, -0.05) is 0 Å². The molecule has 1 aromatic heterocycles. The highest BCUT2D eigenvalue weighted by molar-refractivity contribution is 6.00. The van der Waals surface area contributed by atoms with Crippen LogP contribution in [-0.2, 0) is 13.0 Å². The fourth-order valence-electron chi connectivity index (χ4n) is 3.19. The average molecular weight is 370 g/mol. The zero-order valence-corrected chi connectivity index (χ0v) is 14.3. The minimum absolute atomic E-state index is 0.136. The van der Waals surface area contributed by atoms with E-state index < -0.39 is 17.7 Å². The summed E-state index contributed by atoms with van der Waals surface area (Å²) in [5.41, 5.74) is 0.662. The van der Waals surface area contributed by atoms with Crippen LogP contribution in [0.1, 0.15) is 18.7 Å². The van der Waals surface area contributed by atoms with Gasteiger partial charge >= 0.3 is 6.03 Å². The van der Waals surface area contributed by atoms with Gasteiger partial charge in [0, 0.05) is 24.7 Å². The predicted molar refractivity (Wildman–Crippen MR) is 97.9 cm³/mol. The first-order valence-electron chi connectivity index (χ1n) is 8.58. The lowest BCUT2D eigenvalue weighted by molar-refractivity contribution is 0.262. The maximum atomic E-state index is 13.6. The highest BCUT2D eigenvalue weighted by Gasteiger charge is 2.15. The molecule has 4 rings (SSSR count). The molecule has 0 saturated carbocycles. The van der Waals surface area contributed by atoms with Gasteiger partial charge in [-0.25, -0.2) is 18.6 Å². The van der Waals surface area contributed by atoms with Crippen molar-refractivity contribution in [2.75, 3.05) is 10.6 Å². The summed E-state index contributed by atoms with van der Waals surface area (Å²) in [6, 6.07) is 6.99. The van der Waals surface area contributed by atoms with Crippen LogP contribution in [0.5, 0.6) is 0 Å². The number of hydrogen-bond donors (Lipinski definition) is 2. The minimum atomic E-state index is -0.877. The number of hydrogen-bond acceptors (Lipinski definition) is 3. The molecule has 0 fully saturated rings. The summed E-state index contributed by atoms with van der Waals surface area (Å²) in [5.74, 6) is -0.828. The number of fused-ring (bicyclic) bond motifs is 2. The van der Waals surface area contributed by atoms with Crippen molar-refractivity contribution in [2.24, 2.45) is 0 Å². The molecule has 27 heavy (non-hydrogen) atoms. The third-order valence-corrected chi connectivity index (χ3v) is 4.50. The lowest BCUT2D eigenvalue weighted by Crippen LogP contribution is -2.28. The summed E-state index contributed by atoms with van der Waals surface area (Å²) in [4.78, 5) is 29.3. The number of nitrogens with zero attached hydrogens (tertiary/aromatic N) is 2. The molecule has 2 N–H and O–H groups in total. The summed E-state index contributed by atoms with van der Waals surface area (Å²) in [6.07, 6.45) is 2.72. The average Bonchev–Trinajstić information content (AvgIpc) is 2.65. The molecule has 138 valence electrons. The summed E-state index contributed by atoms with van der Waals surface area (Å²) in [5, 5.41) is 5.26. The van der Waals surface area contributed by atoms with Crippen molar-refractivity contribution in [3.63, 3.8) is 0 Å². The van der Waals surface area contributed by atoms with Crippen molar-refractivity contribution in [3.8, 4) is 0 Å². The number of halogens is 2. The second-order valence-corrected chi connectivity index (χ2v) is 6.38. The van der Waals surface area contributed by atoms with Crippen molar-refractivity contribution in [1.82, 2.24) is 9.55 Å². The van der Waals surface area contributed by atoms with Crippen molar-refractivity contribution in [2.45, 2.75) is 25.8 Å². The third kappa shape index (κ3) is 3.38. The lowest BCUT2D eigenvalue weighted by Gasteiger charge is -2.18. The van der Waals surface area contributed by atoms with Gasteiger partial charge in [0.15, 0.2) is 0 Å². The molecule has 0 bridgehead atoms. The number of carbonyl (C=O) groups excluding carboxylic acids is 1. The van der Waals surface area contributed by atoms with Gasteiger partial charge in [-0.15, -0.1) is 0 Å². The first-order valence-corrected chi connectivity index (χ1v) is 8.58. The third-order valence-electron chi connectivity index (χ3n) is 4.50. The van der Waals surface area contributed by atoms with Gasteiger partial charge in [-0.05, 0) is 43.2 Å². The van der Waals surface area contributed by atoms with Crippen LogP contribution in [0.3, 0.4) is 0 Å². The Balaban J connectivity index is 1.59. The fourth-order valence-corrected chi connectivity index (χ4v) is 3.19. The summed E-state index contributed by atoms with van der Waals surface area (Å²) < 4.78 is 28.2. The monoisotopic (exact) mass is 370 g/mol. The Morgan fingerprint density at radius 2 is 1.93 bits per heavy atom. The normalized spacial score (nSPS) is 13.3. The van der Waals surface area contributed by atoms with Crippen molar-refractivity contribution in [1.29, 1.82) is 0 Å². The van der Waals surface area contributed by atoms with E-state index in [0.717, 1.165) is 37.2 Å². The molecular weight excluding hydrogens is 354 g/mol. The molecule has 2 aromatic carbocycles. The number of nitrogens with one attached hydrogen (secondary N) is 2. The topological polar surface area (TPSA) is 76.0 Å². The van der Waals surface area contributed by atoms with Crippen molar-refractivity contribution in [3.05, 3.63) is 64.2 Å². The molecule has 0 atom stereocenters. The van der Waals surface area contributed by atoms with Crippen LogP contribution in [-0.4, -0.2) is 15.6 Å². The van der Waals surface area contributed by atoms with Gasteiger partial charge in [0.25, 0.3) is 5.56 Å². The number of aromatic nitrogens is 2. The van der Waals surface area contributed by atoms with Crippen LogP contribution in [0.25, 0.3) is 10.9 Å². The molecular formula is C19H16F2N4O2. The second-order valence-electron chi connectivity index (χ2n) is 6.38. The number of urea groups is 1. The smallest absolute Gasteiger partial charge is 0.308 e. The molecule has 2 amide bonds. The van der Waals surface area contributed by atoms with E-state index in [2.05, 4.69) is 15.6 Å². The Bertz CT molecular complexity index is 1110. The first kappa shape index (κ1) is 17.1. The van der Waals surface area contributed by atoms with E-state index in [1.165, 1.54) is 0 Å². The maximum absolute atomic E-state index is 13.6. The highest BCUT2D eigenvalue weighted by Crippen LogP contribution is 2.19. The van der Waals surface area contributed by atoms with Gasteiger partial charge in [0.2, 0.25) is 0 Å². The van der Waals surface area contributed by atoms with Gasteiger partial charge in [0.1, 0.15) is 17.5 Å². The SMILES string of the molecule is O=C(Nc1ccc2nc3n(c(=O)c2c1)CCCC3)Nc1ccc(F)cc1F. The molecule has 0 radical (unpaired) electrons. The molecule has 1 aliphatic heterocycles. The molecule has 3 aromatic rings. The summed E-state index contributed by atoms with van der Waals surface area (Å²) >= 11 is 0. The molecule has 1 aliphatic rings. The number of anilines is 2. The van der Waals surface area contributed by atoms with Gasteiger partial charge in [-0.3, -0.25) is 9.36 Å². The van der Waals surface area contributed by atoms with E-state index in [1.54, 1.807) is 22.8 Å². The molecule has 0 saturated heterocycles. The van der Waals surface area contributed by atoms with Crippen LogP contribution in [0, 0.1) is 11.6 Å². The molecule has 6 nitrogen and oxygen atoms in total. The van der Waals surface area contributed by atoms with E-state index in [-0.39, 0.29) is 11.2 Å². The van der Waals surface area contributed by atoms with Crippen LogP contribution >= 0.6 is 0 Å². The van der Waals surface area contributed by atoms with Crippen molar-refractivity contribution >= 4 is 28.3 Å². The van der Waals surface area contributed by atoms with E-state index in [4.69, 9.17) is 0 Å². The second kappa shape index (κ2) is 6.79. The van der Waals surface area contributed by atoms with Crippen LogP contribution in [0.15, 0.2) is 41.2 Å². The lowest BCUT2D eigenvalue weighted by atomic mass is 10.1. The number of carbonyl (C=O) groups is 1. The standard InChI is InChI=1S/C19H16F2N4O2/c20-11-4-6-16(14(21)9-11)24-19(27)22-12-5-7-15-13(10-12)18(26)25-8-2-1-3-17(25)23-15/h4-7,9-10H,1-3,8H2,(H2,22,24,27). The summed E-state index contributed by atoms with van der Waals surface area (Å²) in [7, 11) is 0.